The smallest absolute Gasteiger partial charge is 0.222 e. The number of likely N-dealkylation sites (tertiary alicyclic amines) is 1. The Labute approximate surface area is 153 Å². The van der Waals surface area contributed by atoms with Gasteiger partial charge in [0.1, 0.15) is 12.4 Å². The number of piperidine rings is 1. The Morgan fingerprint density at radius 1 is 1.40 bits per heavy atom. The topological polar surface area (TPSA) is 87.4 Å². The highest BCUT2D eigenvalue weighted by atomic mass is 32.2. The minimum absolute atomic E-state index is 0.207. The van der Waals surface area contributed by atoms with Crippen LogP contribution in [0.1, 0.15) is 30.9 Å². The third-order valence-electron chi connectivity index (χ3n) is 4.35. The molecule has 0 bridgehead atoms. The van der Waals surface area contributed by atoms with Crippen molar-refractivity contribution >= 4 is 23.6 Å². The lowest BCUT2D eigenvalue weighted by molar-refractivity contribution is -0.132. The van der Waals surface area contributed by atoms with E-state index in [9.17, 15) is 4.79 Å². The number of thioether (sulfide) groups is 1. The molecule has 1 aromatic heterocycles. The van der Waals surface area contributed by atoms with Gasteiger partial charge in [0.15, 0.2) is 11.8 Å². The molecule has 1 amide bonds. The van der Waals surface area contributed by atoms with Crippen LogP contribution in [0.2, 0.25) is 0 Å². The zero-order valence-electron chi connectivity index (χ0n) is 15.6. The van der Waals surface area contributed by atoms with Crippen LogP contribution in [0.4, 0.5) is 0 Å². The van der Waals surface area contributed by atoms with Crippen LogP contribution in [0.3, 0.4) is 0 Å². The largest absolute Gasteiger partial charge is 0.356 e. The van der Waals surface area contributed by atoms with Crippen molar-refractivity contribution in [3.8, 4) is 0 Å². The van der Waals surface area contributed by atoms with E-state index in [1.54, 1.807) is 4.90 Å². The molecular formula is C16H29N7OS. The molecule has 0 radical (unpaired) electrons. The number of nitrogens with zero attached hydrogens (tertiary/aromatic N) is 5. The van der Waals surface area contributed by atoms with Crippen molar-refractivity contribution in [2.24, 2.45) is 12.0 Å². The van der Waals surface area contributed by atoms with Gasteiger partial charge in [-0.3, -0.25) is 4.79 Å². The van der Waals surface area contributed by atoms with Gasteiger partial charge in [0.25, 0.3) is 0 Å². The molecule has 1 aromatic rings. The van der Waals surface area contributed by atoms with Crippen LogP contribution in [0, 0.1) is 6.92 Å². The number of hydrogen-bond donors (Lipinski definition) is 2. The van der Waals surface area contributed by atoms with Gasteiger partial charge in [0.05, 0.1) is 0 Å². The van der Waals surface area contributed by atoms with Gasteiger partial charge in [0.2, 0.25) is 5.91 Å². The van der Waals surface area contributed by atoms with Gasteiger partial charge in [-0.2, -0.15) is 11.8 Å². The van der Waals surface area contributed by atoms with Gasteiger partial charge in [-0.25, -0.2) is 4.99 Å². The second kappa shape index (κ2) is 9.65. The average molecular weight is 368 g/mol. The number of hydrogen-bond acceptors (Lipinski definition) is 5. The molecule has 2 rings (SSSR count). The maximum Gasteiger partial charge on any atom is 0.222 e. The Hall–Kier alpha value is -1.77. The first-order valence-electron chi connectivity index (χ1n) is 8.64. The molecule has 1 aliphatic heterocycles. The molecule has 140 valence electrons. The van der Waals surface area contributed by atoms with Crippen LogP contribution >= 0.6 is 11.8 Å². The number of rotatable bonds is 7. The van der Waals surface area contributed by atoms with Gasteiger partial charge in [0, 0.05) is 39.6 Å². The van der Waals surface area contributed by atoms with Crippen molar-refractivity contribution in [1.82, 2.24) is 30.3 Å². The standard InChI is InChI=1S/C16H29N7OS/c1-12-20-21-14(23(12)3)10-18-16(17-8-5-9-25-4)19-13-6-7-15(24)22(2)11-13/h13H,5-11H2,1-4H3,(H2,17,18,19). The normalized spacial score (nSPS) is 18.6. The predicted molar refractivity (Wildman–Crippen MR) is 102 cm³/mol. The van der Waals surface area contributed by atoms with Crippen molar-refractivity contribution in [2.45, 2.75) is 38.8 Å². The minimum Gasteiger partial charge on any atom is -0.356 e. The second-order valence-corrected chi connectivity index (χ2v) is 7.30. The summed E-state index contributed by atoms with van der Waals surface area (Å²) in [5, 5.41) is 15.1. The number of carbonyl (C=O) groups excluding carboxylic acids is 1. The Balaban J connectivity index is 1.97. The number of aryl methyl sites for hydroxylation is 1. The van der Waals surface area contributed by atoms with E-state index in [2.05, 4.69) is 32.1 Å². The van der Waals surface area contributed by atoms with Gasteiger partial charge in [-0.15, -0.1) is 10.2 Å². The number of carbonyl (C=O) groups is 1. The summed E-state index contributed by atoms with van der Waals surface area (Å²) in [6, 6.07) is 0.218. The van der Waals surface area contributed by atoms with Gasteiger partial charge < -0.3 is 20.1 Å². The lowest BCUT2D eigenvalue weighted by Crippen LogP contribution is -2.51. The van der Waals surface area contributed by atoms with Gasteiger partial charge >= 0.3 is 0 Å². The molecule has 0 aliphatic carbocycles. The second-order valence-electron chi connectivity index (χ2n) is 6.31. The summed E-state index contributed by atoms with van der Waals surface area (Å²) in [5.41, 5.74) is 0. The Bertz CT molecular complexity index is 601. The molecule has 9 heteroatoms. The van der Waals surface area contributed by atoms with Crippen LogP contribution in [-0.4, -0.2) is 69.7 Å². The average Bonchev–Trinajstić information content (AvgIpc) is 2.91. The van der Waals surface area contributed by atoms with Crippen molar-refractivity contribution in [3.05, 3.63) is 11.6 Å². The number of aliphatic imine (C=N–C) groups is 1. The number of likely N-dealkylation sites (N-methyl/N-ethyl adjacent to an activating group) is 1. The van der Waals surface area contributed by atoms with Crippen LogP contribution in [0.5, 0.6) is 0 Å². The fourth-order valence-corrected chi connectivity index (χ4v) is 3.07. The molecule has 25 heavy (non-hydrogen) atoms. The summed E-state index contributed by atoms with van der Waals surface area (Å²) in [6.07, 6.45) is 4.60. The first kappa shape index (κ1) is 19.6. The highest BCUT2D eigenvalue weighted by Crippen LogP contribution is 2.09. The Morgan fingerprint density at radius 2 is 2.20 bits per heavy atom. The number of aromatic nitrogens is 3. The Morgan fingerprint density at radius 3 is 2.84 bits per heavy atom. The van der Waals surface area contributed by atoms with E-state index in [4.69, 9.17) is 0 Å². The van der Waals surface area contributed by atoms with E-state index in [0.29, 0.717) is 19.5 Å². The lowest BCUT2D eigenvalue weighted by Gasteiger charge is -2.31. The molecule has 1 atom stereocenters. The number of amides is 1. The van der Waals surface area contributed by atoms with E-state index in [-0.39, 0.29) is 11.9 Å². The van der Waals surface area contributed by atoms with Crippen LogP contribution < -0.4 is 10.6 Å². The molecule has 2 heterocycles. The quantitative estimate of drug-likeness (QED) is 0.415. The molecule has 1 fully saturated rings. The Kier molecular flexibility index (Phi) is 7.54. The third-order valence-corrected chi connectivity index (χ3v) is 5.04. The number of nitrogens with one attached hydrogen (secondary N) is 2. The van der Waals surface area contributed by atoms with E-state index >= 15 is 0 Å². The highest BCUT2D eigenvalue weighted by Gasteiger charge is 2.23. The van der Waals surface area contributed by atoms with Crippen LogP contribution in [-0.2, 0) is 18.4 Å². The summed E-state index contributed by atoms with van der Waals surface area (Å²) in [5.74, 6) is 3.80. The molecule has 1 aliphatic rings. The molecule has 1 saturated heterocycles. The fraction of sp³-hybridized carbons (Fsp3) is 0.750. The SMILES string of the molecule is CSCCCNC(=NCc1nnc(C)n1C)NC1CCC(=O)N(C)C1. The fourth-order valence-electron chi connectivity index (χ4n) is 2.64. The minimum atomic E-state index is 0.207. The monoisotopic (exact) mass is 367 g/mol. The molecule has 1 unspecified atom stereocenters. The van der Waals surface area contributed by atoms with E-state index in [1.165, 1.54) is 0 Å². The van der Waals surface area contributed by atoms with E-state index in [1.807, 2.05) is 37.3 Å². The summed E-state index contributed by atoms with van der Waals surface area (Å²) in [6.45, 7) is 3.96. The first-order chi connectivity index (χ1) is 12.0. The van der Waals surface area contributed by atoms with Gasteiger partial charge in [-0.1, -0.05) is 0 Å². The molecular weight excluding hydrogens is 338 g/mol. The highest BCUT2D eigenvalue weighted by molar-refractivity contribution is 7.98. The van der Waals surface area contributed by atoms with E-state index < -0.39 is 0 Å². The maximum atomic E-state index is 11.7. The third kappa shape index (κ3) is 5.91. The first-order valence-corrected chi connectivity index (χ1v) is 10.0. The van der Waals surface area contributed by atoms with E-state index in [0.717, 1.165) is 42.7 Å². The van der Waals surface area contributed by atoms with Crippen molar-refractivity contribution in [3.63, 3.8) is 0 Å². The zero-order chi connectivity index (χ0) is 18.2. The van der Waals surface area contributed by atoms with Gasteiger partial charge in [-0.05, 0) is 31.8 Å². The summed E-state index contributed by atoms with van der Waals surface area (Å²) in [4.78, 5) is 18.1. The molecule has 2 N–H and O–H groups in total. The summed E-state index contributed by atoms with van der Waals surface area (Å²) in [7, 11) is 3.79. The van der Waals surface area contributed by atoms with Crippen molar-refractivity contribution in [2.75, 3.05) is 32.1 Å². The van der Waals surface area contributed by atoms with Crippen LogP contribution in [0.15, 0.2) is 4.99 Å². The zero-order valence-corrected chi connectivity index (χ0v) is 16.4. The predicted octanol–water partition coefficient (Wildman–Crippen LogP) is 0.533. The lowest BCUT2D eigenvalue weighted by atomic mass is 10.1. The summed E-state index contributed by atoms with van der Waals surface area (Å²) < 4.78 is 1.95. The molecule has 8 nitrogen and oxygen atoms in total. The molecule has 0 aromatic carbocycles. The maximum absolute atomic E-state index is 11.7. The van der Waals surface area contributed by atoms with Crippen molar-refractivity contribution in [1.29, 1.82) is 0 Å². The van der Waals surface area contributed by atoms with Crippen molar-refractivity contribution < 1.29 is 4.79 Å². The number of guanidine groups is 1. The molecule has 0 spiro atoms. The molecule has 0 saturated carbocycles. The summed E-state index contributed by atoms with van der Waals surface area (Å²) >= 11 is 1.84. The van der Waals surface area contributed by atoms with Crippen LogP contribution in [0.25, 0.3) is 0 Å².